The molecule has 0 spiro atoms. The molecule has 0 heterocycles. The largest absolute Gasteiger partial charge is 0.492 e. The third-order valence-electron chi connectivity index (χ3n) is 4.01. The van der Waals surface area contributed by atoms with Crippen molar-refractivity contribution < 1.29 is 4.74 Å². The molecular weight excluding hydrogens is 260 g/mol. The molecule has 0 radical (unpaired) electrons. The summed E-state index contributed by atoms with van der Waals surface area (Å²) in [5.74, 6) is 1.03. The number of rotatable bonds is 10. The fourth-order valence-corrected chi connectivity index (χ4v) is 2.52. The van der Waals surface area contributed by atoms with Gasteiger partial charge in [-0.05, 0) is 45.7 Å². The van der Waals surface area contributed by atoms with Crippen molar-refractivity contribution >= 4 is 0 Å². The van der Waals surface area contributed by atoms with Crippen LogP contribution in [-0.2, 0) is 6.54 Å². The maximum atomic E-state index is 6.04. The Morgan fingerprint density at radius 1 is 1.24 bits per heavy atom. The van der Waals surface area contributed by atoms with Gasteiger partial charge in [0.2, 0.25) is 0 Å². The molecule has 21 heavy (non-hydrogen) atoms. The molecule has 0 aromatic heterocycles. The Morgan fingerprint density at radius 2 is 2.00 bits per heavy atom. The highest BCUT2D eigenvalue weighted by Crippen LogP contribution is 2.22. The minimum absolute atomic E-state index is 0.584. The van der Waals surface area contributed by atoms with Gasteiger partial charge >= 0.3 is 0 Å². The molecule has 0 unspecified atom stereocenters. The second-order valence-corrected chi connectivity index (χ2v) is 6.24. The lowest BCUT2D eigenvalue weighted by molar-refractivity contribution is 0.175. The summed E-state index contributed by atoms with van der Waals surface area (Å²) >= 11 is 0. The van der Waals surface area contributed by atoms with Gasteiger partial charge in [0.1, 0.15) is 12.4 Å². The summed E-state index contributed by atoms with van der Waals surface area (Å²) in [7, 11) is 0. The van der Waals surface area contributed by atoms with Crippen LogP contribution in [0.5, 0.6) is 5.75 Å². The van der Waals surface area contributed by atoms with E-state index < -0.39 is 0 Å². The second kappa shape index (κ2) is 8.40. The van der Waals surface area contributed by atoms with Crippen molar-refractivity contribution in [2.45, 2.75) is 58.7 Å². The molecule has 1 aromatic carbocycles. The van der Waals surface area contributed by atoms with Crippen LogP contribution in [0.1, 0.15) is 45.6 Å². The van der Waals surface area contributed by atoms with Crippen LogP contribution in [0.25, 0.3) is 0 Å². The highest BCUT2D eigenvalue weighted by molar-refractivity contribution is 5.33. The molecule has 1 N–H and O–H groups in total. The van der Waals surface area contributed by atoms with Crippen LogP contribution in [0.4, 0.5) is 0 Å². The van der Waals surface area contributed by atoms with Gasteiger partial charge in [0.25, 0.3) is 0 Å². The Morgan fingerprint density at radius 3 is 2.67 bits per heavy atom. The topological polar surface area (TPSA) is 24.5 Å². The van der Waals surface area contributed by atoms with Gasteiger partial charge in [-0.3, -0.25) is 4.90 Å². The van der Waals surface area contributed by atoms with E-state index in [2.05, 4.69) is 55.3 Å². The number of hydrogen-bond donors (Lipinski definition) is 1. The van der Waals surface area contributed by atoms with Crippen molar-refractivity contribution in [3.05, 3.63) is 29.8 Å². The fraction of sp³-hybridized carbons (Fsp3) is 0.667. The van der Waals surface area contributed by atoms with E-state index in [4.69, 9.17) is 4.74 Å². The summed E-state index contributed by atoms with van der Waals surface area (Å²) in [6.07, 6.45) is 3.84. The zero-order valence-electron chi connectivity index (χ0n) is 13.8. The van der Waals surface area contributed by atoms with E-state index >= 15 is 0 Å². The van der Waals surface area contributed by atoms with Crippen molar-refractivity contribution in [3.8, 4) is 5.75 Å². The zero-order valence-corrected chi connectivity index (χ0v) is 13.8. The van der Waals surface area contributed by atoms with Gasteiger partial charge in [-0.1, -0.05) is 25.1 Å². The maximum absolute atomic E-state index is 6.04. The van der Waals surface area contributed by atoms with Crippen molar-refractivity contribution in [3.63, 3.8) is 0 Å². The SMILES string of the molecule is CCCN(CCOc1ccccc1CNC1CC1)C(C)C. The van der Waals surface area contributed by atoms with Gasteiger partial charge in [-0.15, -0.1) is 0 Å². The highest BCUT2D eigenvalue weighted by atomic mass is 16.5. The molecule has 1 fully saturated rings. The first-order chi connectivity index (χ1) is 10.2. The van der Waals surface area contributed by atoms with E-state index in [1.807, 2.05) is 0 Å². The number of benzene rings is 1. The molecule has 0 atom stereocenters. The Hall–Kier alpha value is -1.06. The van der Waals surface area contributed by atoms with E-state index in [0.717, 1.165) is 38.0 Å². The van der Waals surface area contributed by atoms with E-state index in [1.165, 1.54) is 24.8 Å². The molecule has 0 aliphatic heterocycles. The van der Waals surface area contributed by atoms with Crippen LogP contribution in [0.15, 0.2) is 24.3 Å². The summed E-state index contributed by atoms with van der Waals surface area (Å²) in [4.78, 5) is 2.48. The lowest BCUT2D eigenvalue weighted by Crippen LogP contribution is -2.35. The standard InChI is InChI=1S/C18H30N2O/c1-4-11-20(15(2)3)12-13-21-18-8-6-5-7-16(18)14-19-17-9-10-17/h5-8,15,17,19H,4,9-14H2,1-3H3. The molecular formula is C18H30N2O. The first-order valence-corrected chi connectivity index (χ1v) is 8.38. The first kappa shape index (κ1) is 16.3. The molecule has 1 aromatic rings. The van der Waals surface area contributed by atoms with Crippen LogP contribution < -0.4 is 10.1 Å². The Balaban J connectivity index is 1.81. The van der Waals surface area contributed by atoms with Crippen molar-refractivity contribution in [1.29, 1.82) is 0 Å². The minimum atomic E-state index is 0.584. The summed E-state index contributed by atoms with van der Waals surface area (Å²) in [6, 6.07) is 9.72. The fourth-order valence-electron chi connectivity index (χ4n) is 2.52. The van der Waals surface area contributed by atoms with Crippen LogP contribution in [0.3, 0.4) is 0 Å². The monoisotopic (exact) mass is 290 g/mol. The number of ether oxygens (including phenoxy) is 1. The molecule has 2 rings (SSSR count). The van der Waals surface area contributed by atoms with E-state index in [0.29, 0.717) is 6.04 Å². The van der Waals surface area contributed by atoms with Gasteiger partial charge in [-0.2, -0.15) is 0 Å². The first-order valence-electron chi connectivity index (χ1n) is 8.38. The highest BCUT2D eigenvalue weighted by Gasteiger charge is 2.20. The quantitative estimate of drug-likeness (QED) is 0.714. The Labute approximate surface area is 129 Å². The third kappa shape index (κ3) is 5.68. The number of para-hydroxylation sites is 1. The summed E-state index contributed by atoms with van der Waals surface area (Å²) in [6.45, 7) is 10.6. The van der Waals surface area contributed by atoms with Crippen LogP contribution >= 0.6 is 0 Å². The van der Waals surface area contributed by atoms with Crippen LogP contribution in [0, 0.1) is 0 Å². The van der Waals surface area contributed by atoms with E-state index in [9.17, 15) is 0 Å². The third-order valence-corrected chi connectivity index (χ3v) is 4.01. The number of nitrogens with zero attached hydrogens (tertiary/aromatic N) is 1. The Kier molecular flexibility index (Phi) is 6.52. The summed E-state index contributed by atoms with van der Waals surface area (Å²) in [5, 5.41) is 3.56. The molecule has 1 aliphatic carbocycles. The van der Waals surface area contributed by atoms with Crippen molar-refractivity contribution in [2.24, 2.45) is 0 Å². The average molecular weight is 290 g/mol. The lowest BCUT2D eigenvalue weighted by Gasteiger charge is -2.26. The van der Waals surface area contributed by atoms with Crippen LogP contribution in [0.2, 0.25) is 0 Å². The maximum Gasteiger partial charge on any atom is 0.123 e. The summed E-state index contributed by atoms with van der Waals surface area (Å²) in [5.41, 5.74) is 1.27. The summed E-state index contributed by atoms with van der Waals surface area (Å²) < 4.78 is 6.04. The minimum Gasteiger partial charge on any atom is -0.492 e. The van der Waals surface area contributed by atoms with Gasteiger partial charge in [0, 0.05) is 30.7 Å². The number of nitrogens with one attached hydrogen (secondary N) is 1. The van der Waals surface area contributed by atoms with Gasteiger partial charge in [0.05, 0.1) is 0 Å². The second-order valence-electron chi connectivity index (χ2n) is 6.24. The molecule has 0 amide bonds. The molecule has 118 valence electrons. The number of hydrogen-bond acceptors (Lipinski definition) is 3. The Bertz CT molecular complexity index is 415. The van der Waals surface area contributed by atoms with E-state index in [1.54, 1.807) is 0 Å². The molecule has 1 saturated carbocycles. The van der Waals surface area contributed by atoms with Gasteiger partial charge in [-0.25, -0.2) is 0 Å². The molecule has 3 nitrogen and oxygen atoms in total. The normalized spacial score (nSPS) is 14.9. The van der Waals surface area contributed by atoms with Gasteiger partial charge < -0.3 is 10.1 Å². The van der Waals surface area contributed by atoms with Crippen LogP contribution in [-0.4, -0.2) is 36.7 Å². The van der Waals surface area contributed by atoms with Crippen molar-refractivity contribution in [2.75, 3.05) is 19.7 Å². The van der Waals surface area contributed by atoms with Gasteiger partial charge in [0.15, 0.2) is 0 Å². The smallest absolute Gasteiger partial charge is 0.123 e. The predicted octanol–water partition coefficient (Wildman–Crippen LogP) is 3.44. The lowest BCUT2D eigenvalue weighted by atomic mass is 10.2. The molecule has 0 bridgehead atoms. The zero-order chi connectivity index (χ0) is 15.1. The van der Waals surface area contributed by atoms with Crippen molar-refractivity contribution in [1.82, 2.24) is 10.2 Å². The molecule has 1 aliphatic rings. The molecule has 0 saturated heterocycles. The predicted molar refractivity (Wildman–Crippen MR) is 88.8 cm³/mol. The average Bonchev–Trinajstić information content (AvgIpc) is 3.29. The van der Waals surface area contributed by atoms with E-state index in [-0.39, 0.29) is 0 Å². The molecule has 3 heteroatoms.